The summed E-state index contributed by atoms with van der Waals surface area (Å²) >= 11 is 0. The van der Waals surface area contributed by atoms with Crippen LogP contribution in [-0.2, 0) is 13.1 Å². The molecule has 0 radical (unpaired) electrons. The van der Waals surface area contributed by atoms with E-state index >= 15 is 0 Å². The van der Waals surface area contributed by atoms with E-state index in [1.165, 1.54) is 5.69 Å². The van der Waals surface area contributed by atoms with Crippen LogP contribution in [0.2, 0.25) is 0 Å². The van der Waals surface area contributed by atoms with Gasteiger partial charge in [-0.05, 0) is 31.5 Å². The predicted molar refractivity (Wildman–Crippen MR) is 101 cm³/mol. The van der Waals surface area contributed by atoms with Gasteiger partial charge < -0.3 is 9.88 Å². The molecule has 8 heteroatoms. The molecular formula is C19H22N8. The lowest BCUT2D eigenvalue weighted by Gasteiger charge is -2.16. The van der Waals surface area contributed by atoms with Gasteiger partial charge in [0.05, 0.1) is 17.4 Å². The van der Waals surface area contributed by atoms with Crippen LogP contribution in [0.3, 0.4) is 0 Å². The lowest BCUT2D eigenvalue weighted by atomic mass is 10.1. The van der Waals surface area contributed by atoms with Crippen molar-refractivity contribution in [2.45, 2.75) is 38.9 Å². The maximum absolute atomic E-state index is 4.82. The summed E-state index contributed by atoms with van der Waals surface area (Å²) in [7, 11) is 0. The van der Waals surface area contributed by atoms with Crippen LogP contribution in [-0.4, -0.2) is 40.2 Å². The summed E-state index contributed by atoms with van der Waals surface area (Å²) in [5.74, 6) is 1.60. The minimum Gasteiger partial charge on any atom is -0.321 e. The Morgan fingerprint density at radius 3 is 3.07 bits per heavy atom. The molecule has 1 atom stereocenters. The molecule has 1 unspecified atom stereocenters. The zero-order chi connectivity index (χ0) is 18.2. The number of imidazole rings is 2. The Kier molecular flexibility index (Phi) is 3.97. The fourth-order valence-corrected chi connectivity index (χ4v) is 3.79. The van der Waals surface area contributed by atoms with Crippen LogP contribution in [0.15, 0.2) is 43.1 Å². The van der Waals surface area contributed by atoms with Crippen LogP contribution in [0.1, 0.15) is 37.2 Å². The summed E-state index contributed by atoms with van der Waals surface area (Å²) in [5.41, 5.74) is 3.11. The van der Waals surface area contributed by atoms with Gasteiger partial charge >= 0.3 is 0 Å². The average Bonchev–Trinajstić information content (AvgIpc) is 3.38. The van der Waals surface area contributed by atoms with E-state index in [0.29, 0.717) is 5.78 Å². The van der Waals surface area contributed by atoms with Crippen molar-refractivity contribution >= 4 is 5.78 Å². The van der Waals surface area contributed by atoms with Gasteiger partial charge in [0.2, 0.25) is 5.78 Å². The summed E-state index contributed by atoms with van der Waals surface area (Å²) in [6.45, 7) is 4.99. The highest BCUT2D eigenvalue weighted by molar-refractivity contribution is 5.51. The third-order valence-electron chi connectivity index (χ3n) is 5.11. The SMILES string of the molecule is CCC(c1cn2cccnc2n1)n1ccnc1-c1cc2n(n1)CCCNC2. The van der Waals surface area contributed by atoms with Gasteiger partial charge in [0.25, 0.3) is 0 Å². The van der Waals surface area contributed by atoms with Crippen LogP contribution >= 0.6 is 0 Å². The molecule has 0 saturated heterocycles. The highest BCUT2D eigenvalue weighted by Crippen LogP contribution is 2.28. The third kappa shape index (κ3) is 2.82. The summed E-state index contributed by atoms with van der Waals surface area (Å²) in [6.07, 6.45) is 11.6. The van der Waals surface area contributed by atoms with Gasteiger partial charge in [-0.25, -0.2) is 15.0 Å². The van der Waals surface area contributed by atoms with Gasteiger partial charge in [-0.1, -0.05) is 6.92 Å². The first-order valence-electron chi connectivity index (χ1n) is 9.43. The minimum absolute atomic E-state index is 0.0869. The highest BCUT2D eigenvalue weighted by atomic mass is 15.3. The van der Waals surface area contributed by atoms with E-state index in [1.54, 1.807) is 6.20 Å². The molecule has 0 amide bonds. The Bertz CT molecular complexity index is 1020. The molecular weight excluding hydrogens is 340 g/mol. The van der Waals surface area contributed by atoms with Gasteiger partial charge in [0.15, 0.2) is 5.82 Å². The normalized spacial score (nSPS) is 15.6. The molecule has 0 fully saturated rings. The number of rotatable bonds is 4. The quantitative estimate of drug-likeness (QED) is 0.603. The van der Waals surface area contributed by atoms with Crippen LogP contribution < -0.4 is 5.32 Å². The van der Waals surface area contributed by atoms with E-state index in [9.17, 15) is 0 Å². The van der Waals surface area contributed by atoms with Crippen molar-refractivity contribution in [1.29, 1.82) is 0 Å². The van der Waals surface area contributed by atoms with Crippen LogP contribution in [0.4, 0.5) is 0 Å². The fourth-order valence-electron chi connectivity index (χ4n) is 3.79. The van der Waals surface area contributed by atoms with E-state index in [-0.39, 0.29) is 6.04 Å². The monoisotopic (exact) mass is 362 g/mol. The molecule has 5 rings (SSSR count). The van der Waals surface area contributed by atoms with E-state index in [0.717, 1.165) is 49.7 Å². The summed E-state index contributed by atoms with van der Waals surface area (Å²) in [5, 5.41) is 8.27. The predicted octanol–water partition coefficient (Wildman–Crippen LogP) is 2.28. The first-order valence-corrected chi connectivity index (χ1v) is 9.43. The van der Waals surface area contributed by atoms with Gasteiger partial charge in [0.1, 0.15) is 5.69 Å². The van der Waals surface area contributed by atoms with E-state index in [4.69, 9.17) is 10.1 Å². The van der Waals surface area contributed by atoms with E-state index in [1.807, 2.05) is 35.3 Å². The van der Waals surface area contributed by atoms with Gasteiger partial charge in [-0.2, -0.15) is 5.10 Å². The summed E-state index contributed by atoms with van der Waals surface area (Å²) in [6, 6.07) is 4.15. The molecule has 0 aromatic carbocycles. The molecule has 5 heterocycles. The Labute approximate surface area is 156 Å². The lowest BCUT2D eigenvalue weighted by molar-refractivity contribution is 0.555. The first-order chi connectivity index (χ1) is 13.3. The van der Waals surface area contributed by atoms with Crippen molar-refractivity contribution in [3.63, 3.8) is 0 Å². The van der Waals surface area contributed by atoms with Crippen LogP contribution in [0.5, 0.6) is 0 Å². The number of hydrogen-bond donors (Lipinski definition) is 1. The second-order valence-corrected chi connectivity index (χ2v) is 6.85. The smallest absolute Gasteiger partial charge is 0.233 e. The largest absolute Gasteiger partial charge is 0.321 e. The van der Waals surface area contributed by atoms with Gasteiger partial charge in [-0.3, -0.25) is 9.08 Å². The first kappa shape index (κ1) is 16.2. The summed E-state index contributed by atoms with van der Waals surface area (Å²) in [4.78, 5) is 13.7. The Morgan fingerprint density at radius 2 is 2.19 bits per heavy atom. The number of aryl methyl sites for hydroxylation is 1. The standard InChI is InChI=1S/C19H22N8/c1-2-17(16-13-25-8-4-6-22-19(25)23-16)26-10-7-21-18(26)15-11-14-12-20-5-3-9-27(14)24-15/h4,6-8,10-11,13,17,20H,2-3,5,9,12H2,1H3. The van der Waals surface area contributed by atoms with Gasteiger partial charge in [0, 0.05) is 44.1 Å². The van der Waals surface area contributed by atoms with Crippen molar-refractivity contribution in [3.8, 4) is 11.5 Å². The van der Waals surface area contributed by atoms with Crippen molar-refractivity contribution in [3.05, 3.63) is 54.5 Å². The van der Waals surface area contributed by atoms with E-state index < -0.39 is 0 Å². The third-order valence-corrected chi connectivity index (χ3v) is 5.11. The number of nitrogens with one attached hydrogen (secondary N) is 1. The molecule has 0 bridgehead atoms. The average molecular weight is 362 g/mol. The Balaban J connectivity index is 1.55. The van der Waals surface area contributed by atoms with Crippen LogP contribution in [0.25, 0.3) is 17.3 Å². The van der Waals surface area contributed by atoms with Gasteiger partial charge in [-0.15, -0.1) is 0 Å². The number of hydrogen-bond acceptors (Lipinski definition) is 5. The molecule has 1 N–H and O–H groups in total. The topological polar surface area (TPSA) is 77.9 Å². The second-order valence-electron chi connectivity index (χ2n) is 6.85. The molecule has 138 valence electrons. The number of aromatic nitrogens is 7. The molecule has 0 aliphatic carbocycles. The zero-order valence-corrected chi connectivity index (χ0v) is 15.3. The lowest BCUT2D eigenvalue weighted by Crippen LogP contribution is -2.12. The zero-order valence-electron chi connectivity index (χ0n) is 15.3. The molecule has 0 spiro atoms. The fraction of sp³-hybridized carbons (Fsp3) is 0.368. The number of nitrogens with zero attached hydrogens (tertiary/aromatic N) is 7. The van der Waals surface area contributed by atoms with Crippen LogP contribution in [0, 0.1) is 0 Å². The van der Waals surface area contributed by atoms with Crippen molar-refractivity contribution in [2.75, 3.05) is 6.54 Å². The highest BCUT2D eigenvalue weighted by Gasteiger charge is 2.22. The minimum atomic E-state index is 0.0869. The molecule has 0 saturated carbocycles. The van der Waals surface area contributed by atoms with Crippen molar-refractivity contribution in [2.24, 2.45) is 0 Å². The van der Waals surface area contributed by atoms with Crippen molar-refractivity contribution < 1.29 is 0 Å². The molecule has 8 nitrogen and oxygen atoms in total. The molecule has 4 aromatic heterocycles. The number of fused-ring (bicyclic) bond motifs is 2. The molecule has 27 heavy (non-hydrogen) atoms. The summed E-state index contributed by atoms with van der Waals surface area (Å²) < 4.78 is 6.24. The Morgan fingerprint density at radius 1 is 1.22 bits per heavy atom. The van der Waals surface area contributed by atoms with E-state index in [2.05, 4.69) is 37.5 Å². The molecule has 1 aliphatic heterocycles. The second kappa shape index (κ2) is 6.62. The maximum atomic E-state index is 4.82. The molecule has 1 aliphatic rings. The Hall–Kier alpha value is -3.00. The maximum Gasteiger partial charge on any atom is 0.233 e. The molecule has 4 aromatic rings. The van der Waals surface area contributed by atoms with Crippen molar-refractivity contribution in [1.82, 2.24) is 39.0 Å².